The zero-order chi connectivity index (χ0) is 11.0. The lowest BCUT2D eigenvalue weighted by molar-refractivity contribution is -0.155. The quantitative estimate of drug-likeness (QED) is 0.700. The number of likely N-dealkylation sites (tertiary alicyclic amines) is 1. The van der Waals surface area contributed by atoms with Crippen molar-refractivity contribution in [3.63, 3.8) is 0 Å². The van der Waals surface area contributed by atoms with Crippen molar-refractivity contribution in [2.24, 2.45) is 5.41 Å². The zero-order valence-corrected chi connectivity index (χ0v) is 9.71. The van der Waals surface area contributed by atoms with Crippen molar-refractivity contribution < 1.29 is 9.53 Å². The van der Waals surface area contributed by atoms with Crippen molar-refractivity contribution >= 4 is 5.91 Å². The molecule has 1 amide bonds. The second kappa shape index (κ2) is 4.00. The first-order valence-corrected chi connectivity index (χ1v) is 6.40. The van der Waals surface area contributed by atoms with Crippen LogP contribution in [0.25, 0.3) is 0 Å². The van der Waals surface area contributed by atoms with E-state index in [2.05, 4.69) is 5.32 Å². The topological polar surface area (TPSA) is 41.6 Å². The van der Waals surface area contributed by atoms with Crippen LogP contribution >= 0.6 is 0 Å². The van der Waals surface area contributed by atoms with Crippen LogP contribution in [0.15, 0.2) is 0 Å². The molecular formula is C12H20N2O2. The Balaban J connectivity index is 1.53. The highest BCUT2D eigenvalue weighted by Gasteiger charge is 2.47. The van der Waals surface area contributed by atoms with Gasteiger partial charge in [-0.25, -0.2) is 0 Å². The van der Waals surface area contributed by atoms with Gasteiger partial charge in [0.05, 0.1) is 0 Å². The minimum absolute atomic E-state index is 0.126. The fourth-order valence-electron chi connectivity index (χ4n) is 3.17. The molecule has 0 aromatic heterocycles. The van der Waals surface area contributed by atoms with Gasteiger partial charge < -0.3 is 15.0 Å². The third kappa shape index (κ3) is 1.74. The summed E-state index contributed by atoms with van der Waals surface area (Å²) in [5.74, 6) is 0.238. The van der Waals surface area contributed by atoms with Gasteiger partial charge in [-0.3, -0.25) is 4.79 Å². The Morgan fingerprint density at radius 2 is 2.06 bits per heavy atom. The van der Waals surface area contributed by atoms with Gasteiger partial charge >= 0.3 is 0 Å². The molecule has 3 aliphatic rings. The van der Waals surface area contributed by atoms with Crippen LogP contribution in [0.1, 0.15) is 25.7 Å². The van der Waals surface area contributed by atoms with E-state index < -0.39 is 0 Å². The van der Waals surface area contributed by atoms with Crippen LogP contribution < -0.4 is 5.32 Å². The summed E-state index contributed by atoms with van der Waals surface area (Å²) in [7, 11) is 0. The third-order valence-corrected chi connectivity index (χ3v) is 4.23. The largest absolute Gasteiger partial charge is 0.368 e. The lowest BCUT2D eigenvalue weighted by atomic mass is 9.72. The van der Waals surface area contributed by atoms with Crippen LogP contribution in [0, 0.1) is 5.41 Å². The molecule has 0 saturated carbocycles. The van der Waals surface area contributed by atoms with E-state index >= 15 is 0 Å². The average Bonchev–Trinajstić information content (AvgIpc) is 2.79. The molecule has 0 aliphatic carbocycles. The van der Waals surface area contributed by atoms with E-state index in [0.717, 1.165) is 45.6 Å². The number of amides is 1. The molecule has 1 atom stereocenters. The molecule has 4 nitrogen and oxygen atoms in total. The van der Waals surface area contributed by atoms with Crippen LogP contribution in [0.4, 0.5) is 0 Å². The summed E-state index contributed by atoms with van der Waals surface area (Å²) in [6, 6.07) is 0. The summed E-state index contributed by atoms with van der Waals surface area (Å²) < 4.78 is 5.44. The Morgan fingerprint density at radius 3 is 2.69 bits per heavy atom. The second-order valence-corrected chi connectivity index (χ2v) is 5.45. The molecular weight excluding hydrogens is 204 g/mol. The fourth-order valence-corrected chi connectivity index (χ4v) is 3.17. The van der Waals surface area contributed by atoms with Gasteiger partial charge in [-0.15, -0.1) is 0 Å². The number of carbonyl (C=O) groups is 1. The first-order valence-electron chi connectivity index (χ1n) is 6.40. The monoisotopic (exact) mass is 224 g/mol. The highest BCUT2D eigenvalue weighted by molar-refractivity contribution is 5.82. The van der Waals surface area contributed by atoms with Gasteiger partial charge in [0.25, 0.3) is 5.91 Å². The van der Waals surface area contributed by atoms with Crippen molar-refractivity contribution in [3.05, 3.63) is 0 Å². The van der Waals surface area contributed by atoms with Crippen LogP contribution in [0.5, 0.6) is 0 Å². The van der Waals surface area contributed by atoms with Crippen LogP contribution in [0.3, 0.4) is 0 Å². The van der Waals surface area contributed by atoms with Crippen molar-refractivity contribution in [1.82, 2.24) is 10.2 Å². The highest BCUT2D eigenvalue weighted by atomic mass is 16.5. The molecule has 3 fully saturated rings. The normalized spacial score (nSPS) is 32.8. The highest BCUT2D eigenvalue weighted by Crippen LogP contribution is 2.39. The number of nitrogens with zero attached hydrogens (tertiary/aromatic N) is 1. The van der Waals surface area contributed by atoms with Crippen molar-refractivity contribution in [1.29, 1.82) is 0 Å². The van der Waals surface area contributed by atoms with E-state index in [9.17, 15) is 4.79 Å². The standard InChI is InChI=1S/C12H20N2O2/c15-11(10-2-1-7-16-10)14-8-12(9-14)3-5-13-6-4-12/h10,13H,1-9H2. The summed E-state index contributed by atoms with van der Waals surface area (Å²) in [6.45, 7) is 4.92. The van der Waals surface area contributed by atoms with Gasteiger partial charge in [-0.05, 0) is 38.8 Å². The average molecular weight is 224 g/mol. The van der Waals surface area contributed by atoms with E-state index in [-0.39, 0.29) is 12.0 Å². The molecule has 4 heteroatoms. The Hall–Kier alpha value is -0.610. The number of hydrogen-bond acceptors (Lipinski definition) is 3. The van der Waals surface area contributed by atoms with E-state index in [1.54, 1.807) is 0 Å². The summed E-state index contributed by atoms with van der Waals surface area (Å²) in [6.07, 6.45) is 4.28. The number of ether oxygens (including phenoxy) is 1. The summed E-state index contributed by atoms with van der Waals surface area (Å²) in [4.78, 5) is 14.0. The Bertz CT molecular complexity index is 273. The van der Waals surface area contributed by atoms with Crippen LogP contribution in [-0.2, 0) is 9.53 Å². The van der Waals surface area contributed by atoms with E-state index in [1.165, 1.54) is 12.8 Å². The molecule has 3 rings (SSSR count). The predicted octanol–water partition coefficient (Wildman–Crippen LogP) is 0.377. The van der Waals surface area contributed by atoms with Gasteiger partial charge in [0.2, 0.25) is 0 Å². The van der Waals surface area contributed by atoms with E-state index in [0.29, 0.717) is 5.41 Å². The van der Waals surface area contributed by atoms with Crippen LogP contribution in [-0.4, -0.2) is 49.7 Å². The molecule has 0 bridgehead atoms. The Labute approximate surface area is 96.3 Å². The first-order chi connectivity index (χ1) is 7.79. The van der Waals surface area contributed by atoms with E-state index in [4.69, 9.17) is 4.74 Å². The number of piperidine rings is 1. The molecule has 16 heavy (non-hydrogen) atoms. The minimum atomic E-state index is -0.126. The molecule has 0 radical (unpaired) electrons. The lowest BCUT2D eigenvalue weighted by Gasteiger charge is -2.52. The maximum Gasteiger partial charge on any atom is 0.251 e. The Kier molecular flexibility index (Phi) is 2.64. The Morgan fingerprint density at radius 1 is 1.31 bits per heavy atom. The van der Waals surface area contributed by atoms with Crippen molar-refractivity contribution in [2.75, 3.05) is 32.8 Å². The third-order valence-electron chi connectivity index (χ3n) is 4.23. The van der Waals surface area contributed by atoms with Crippen molar-refractivity contribution in [3.8, 4) is 0 Å². The predicted molar refractivity (Wildman–Crippen MR) is 60.1 cm³/mol. The molecule has 3 aliphatic heterocycles. The number of rotatable bonds is 1. The molecule has 90 valence electrons. The minimum Gasteiger partial charge on any atom is -0.368 e. The first kappa shape index (κ1) is 10.5. The molecule has 1 spiro atoms. The summed E-state index contributed by atoms with van der Waals surface area (Å²) >= 11 is 0. The number of hydrogen-bond donors (Lipinski definition) is 1. The van der Waals surface area contributed by atoms with Gasteiger partial charge in [-0.1, -0.05) is 0 Å². The van der Waals surface area contributed by atoms with Gasteiger partial charge in [0.15, 0.2) is 0 Å². The van der Waals surface area contributed by atoms with Gasteiger partial charge in [-0.2, -0.15) is 0 Å². The molecule has 3 saturated heterocycles. The molecule has 0 aromatic rings. The maximum atomic E-state index is 12.0. The SMILES string of the molecule is O=C(C1CCCO1)N1CC2(CCNCC2)C1. The maximum absolute atomic E-state index is 12.0. The summed E-state index contributed by atoms with van der Waals surface area (Å²) in [5, 5.41) is 3.38. The zero-order valence-electron chi connectivity index (χ0n) is 9.71. The molecule has 0 aromatic carbocycles. The molecule has 1 N–H and O–H groups in total. The number of nitrogens with one attached hydrogen (secondary N) is 1. The molecule has 3 heterocycles. The van der Waals surface area contributed by atoms with Gasteiger partial charge in [0.1, 0.15) is 6.10 Å². The molecule has 1 unspecified atom stereocenters. The second-order valence-electron chi connectivity index (χ2n) is 5.45. The number of carbonyl (C=O) groups excluding carboxylic acids is 1. The fraction of sp³-hybridized carbons (Fsp3) is 0.917. The summed E-state index contributed by atoms with van der Waals surface area (Å²) in [5.41, 5.74) is 0.444. The lowest BCUT2D eigenvalue weighted by Crippen LogP contribution is -2.63. The van der Waals surface area contributed by atoms with Crippen LogP contribution in [0.2, 0.25) is 0 Å². The van der Waals surface area contributed by atoms with Crippen molar-refractivity contribution in [2.45, 2.75) is 31.8 Å². The van der Waals surface area contributed by atoms with Gasteiger partial charge in [0, 0.05) is 25.1 Å². The van der Waals surface area contributed by atoms with E-state index in [1.807, 2.05) is 4.90 Å². The smallest absolute Gasteiger partial charge is 0.251 e.